The van der Waals surface area contributed by atoms with E-state index in [4.69, 9.17) is 87.0 Å². The van der Waals surface area contributed by atoms with Crippen LogP contribution in [0.15, 0.2) is 97.1 Å². The first kappa shape index (κ1) is 92.3. The Hall–Kier alpha value is -10.9. The number of esters is 2. The predicted octanol–water partition coefficient (Wildman–Crippen LogP) is 1.90. The van der Waals surface area contributed by atoms with Crippen LogP contribution in [0.3, 0.4) is 0 Å². The number of nitrogens with one attached hydrogen (secondary N) is 3. The number of benzene rings is 1. The van der Waals surface area contributed by atoms with E-state index < -0.39 is 187 Å². The fourth-order valence-electron chi connectivity index (χ4n) is 15.2. The molecule has 56 heteroatoms. The van der Waals surface area contributed by atoms with Crippen molar-refractivity contribution in [1.29, 1.82) is 0 Å². The monoisotopic (exact) mass is 1840 g/mol. The number of nitrogens with zero attached hydrogens (tertiary/aromatic N) is 18. The molecule has 6 saturated heterocycles. The van der Waals surface area contributed by atoms with E-state index in [0.717, 1.165) is 25.6 Å². The second-order valence-electron chi connectivity index (χ2n) is 29.9. The smallest absolute Gasteiger partial charge is 0.460 e. The number of H-pyrrole nitrogens is 3. The van der Waals surface area contributed by atoms with E-state index in [9.17, 15) is 66.7 Å². The Balaban J connectivity index is 0.000000155. The van der Waals surface area contributed by atoms with E-state index >= 15 is 0 Å². The molecule has 10 aromatic rings. The van der Waals surface area contributed by atoms with E-state index in [1.54, 1.807) is 36.8 Å². The van der Waals surface area contributed by atoms with E-state index in [0.29, 0.717) is 54.5 Å². The quantitative estimate of drug-likeness (QED) is 0.0239. The maximum absolute atomic E-state index is 13.2. The van der Waals surface area contributed by atoms with Gasteiger partial charge in [0, 0.05) is 52.4 Å². The van der Waals surface area contributed by atoms with Gasteiger partial charge in [0.15, 0.2) is 33.5 Å². The largest absolute Gasteiger partial charge is 0.472 e. The van der Waals surface area contributed by atoms with Crippen LogP contribution in [0.2, 0.25) is 0 Å². The number of imidazole rings is 3. The molecule has 684 valence electrons. The molecule has 6 fully saturated rings. The van der Waals surface area contributed by atoms with Crippen LogP contribution in [0.5, 0.6) is 0 Å². The summed E-state index contributed by atoms with van der Waals surface area (Å²) < 4.78 is 132. The lowest BCUT2D eigenvalue weighted by Gasteiger charge is -2.23. The number of phosphoric ester groups is 3. The van der Waals surface area contributed by atoms with Gasteiger partial charge in [-0.15, -0.1) is 0 Å². The van der Waals surface area contributed by atoms with E-state index in [1.165, 1.54) is 50.1 Å². The Bertz CT molecular complexity index is 6190. The van der Waals surface area contributed by atoms with Gasteiger partial charge in [-0.05, 0) is 45.6 Å². The maximum atomic E-state index is 13.2. The normalized spacial score (nSPS) is 27.2. The number of phosphoric acid groups is 3. The lowest BCUT2D eigenvalue weighted by atomic mass is 10.1. The summed E-state index contributed by atoms with van der Waals surface area (Å²) in [5.74, 6) is -0.610. The Morgan fingerprint density at radius 3 is 0.984 bits per heavy atom. The van der Waals surface area contributed by atoms with Crippen LogP contribution in [0, 0.1) is 20.8 Å². The fourth-order valence-corrected chi connectivity index (χ4v) is 18.1. The number of nitrogens with two attached hydrogens (primary N) is 3. The van der Waals surface area contributed by atoms with Crippen molar-refractivity contribution in [1.82, 2.24) is 102 Å². The molecule has 15 heterocycles. The van der Waals surface area contributed by atoms with E-state index in [1.807, 2.05) is 44.2 Å². The number of aromatic amines is 3. The predicted molar refractivity (Wildman–Crippen MR) is 431 cm³/mol. The Labute approximate surface area is 715 Å². The summed E-state index contributed by atoms with van der Waals surface area (Å²) in [6, 6.07) is 9.53. The zero-order chi connectivity index (χ0) is 90.7. The van der Waals surface area contributed by atoms with Crippen LogP contribution < -0.4 is 50.9 Å². The second kappa shape index (κ2) is 39.0. The molecule has 16 rings (SSSR count). The molecule has 0 saturated carbocycles. The number of fused-ring (bicyclic) bond motifs is 3. The van der Waals surface area contributed by atoms with Crippen LogP contribution >= 0.6 is 23.5 Å². The summed E-state index contributed by atoms with van der Waals surface area (Å²) in [6.07, 6.45) is -4.40. The first-order valence-electron chi connectivity index (χ1n) is 39.8. The number of aromatic nitrogens is 21. The van der Waals surface area contributed by atoms with Gasteiger partial charge in [-0.25, -0.2) is 72.9 Å². The van der Waals surface area contributed by atoms with Gasteiger partial charge < -0.3 is 89.5 Å². The topological polar surface area (TPSA) is 697 Å². The van der Waals surface area contributed by atoms with Crippen molar-refractivity contribution in [3.8, 4) is 0 Å². The molecule has 12 N–H and O–H groups in total. The SMILES string of the molecule is CC[C@H]1O[C@@H](n2cnc(N)nc2=O)CC1OP(=O)(O)OC[C@H]1O[C@@H](n2cnc3c(=O)[nH]c(C)nc32)CC1OC(C)=O.CC[C@H]1O[C@@H](n2cnc(N)nc2=O)CC1OP(=O)(O)OC[C@H]1O[C@@H](n2cnc3c(=O)[nH]c(C)nc32)CC1OCc1ccccc1.CC[C@H]1O[C@@H](n2cnc3c(=O)[nH]c(C)nc32)CC1OP(=O)(O)OC[C@H]1O[C@@H](n2cnc(N)nc2=O)CC1OC(C)=O. The molecule has 21 atom stereocenters. The van der Waals surface area contributed by atoms with Gasteiger partial charge >= 0.3 is 52.5 Å². The Morgan fingerprint density at radius 1 is 0.409 bits per heavy atom. The van der Waals surface area contributed by atoms with Crippen LogP contribution in [0.1, 0.15) is 153 Å². The number of nitrogen functional groups attached to an aromatic ring is 3. The highest BCUT2D eigenvalue weighted by atomic mass is 31.2. The molecule has 1 aromatic carbocycles. The molecular weight excluding hydrogens is 1750 g/mol. The number of hydrogen-bond acceptors (Lipinski definition) is 41. The summed E-state index contributed by atoms with van der Waals surface area (Å²) in [5.41, 5.74) is 15.3. The maximum Gasteiger partial charge on any atom is 0.472 e. The molecule has 6 aliphatic rings. The molecule has 6 aliphatic heterocycles. The highest BCUT2D eigenvalue weighted by molar-refractivity contribution is 7.48. The summed E-state index contributed by atoms with van der Waals surface area (Å²) >= 11 is 0. The van der Waals surface area contributed by atoms with Crippen LogP contribution in [-0.2, 0) is 99.7 Å². The van der Waals surface area contributed by atoms with Crippen molar-refractivity contribution >= 4 is 86.7 Å². The minimum Gasteiger partial charge on any atom is -0.460 e. The number of anilines is 3. The molecule has 0 bridgehead atoms. The number of carbonyl (C=O) groups excluding carboxylic acids is 2. The standard InChI is InChI=1S/C27H33N8O9P.2C22H29N8O10P/c1-3-17-19(10-22(42-17)35-14-30-26(28)33-27(35)37)44-45(38,39)41-12-20-18(40-11-16-7-5-4-6-8-16)9-21(43-20)34-13-29-23-24(34)31-15(2)32-25(23)36;1-4-12-14(6-16(38-12)29-8-24-18-19(29)26-10(2)27-20(18)32)40-41(34,35)36-7-15-13(37-11(3)31)5-17(39-15)30-9-25-21(23)28-22(30)33;1-4-12-14(6-17(38-12)30-9-25-21(23)28-22(30)33)40-41(34,35)36-7-15-13(37-11(3)31)5-16(39-15)29-8-24-18-19(29)26-10(2)27-20(18)32/h4-8,13-14,17-22H,3,9-12H2,1-2H3,(H,38,39)(H2,28,33,37)(H,31,32,36);2*8-9,12-17H,4-7H2,1-3H3,(H,34,35)(H2,23,28,33)(H,26,27,32)/t17-,18?,19?,20-,21-,22-;2*12-,13?,14?,15-,16-,17-/m111/s1. The van der Waals surface area contributed by atoms with Crippen molar-refractivity contribution in [2.75, 3.05) is 37.0 Å². The molecule has 53 nitrogen and oxygen atoms in total. The molecule has 0 amide bonds. The lowest BCUT2D eigenvalue weighted by Crippen LogP contribution is -2.31. The first-order chi connectivity index (χ1) is 60.5. The average Bonchev–Trinajstić information content (AvgIpc) is 1.63. The van der Waals surface area contributed by atoms with Gasteiger partial charge in [0.1, 0.15) is 104 Å². The minimum atomic E-state index is -4.69. The van der Waals surface area contributed by atoms with Crippen LogP contribution in [0.4, 0.5) is 17.8 Å². The van der Waals surface area contributed by atoms with Gasteiger partial charge in [-0.2, -0.15) is 15.0 Å². The average molecular weight is 1840 g/mol. The fraction of sp³-hybridized carbons (Fsp3) is 0.549. The minimum absolute atomic E-state index is 0.0304. The van der Waals surface area contributed by atoms with Gasteiger partial charge in [0.05, 0.1) is 88.1 Å². The van der Waals surface area contributed by atoms with Gasteiger partial charge in [0.25, 0.3) is 16.7 Å². The van der Waals surface area contributed by atoms with Crippen LogP contribution in [0.25, 0.3) is 33.5 Å². The summed E-state index contributed by atoms with van der Waals surface area (Å²) in [5, 5.41) is 0. The summed E-state index contributed by atoms with van der Waals surface area (Å²) in [4.78, 5) is 184. The molecule has 127 heavy (non-hydrogen) atoms. The lowest BCUT2D eigenvalue weighted by molar-refractivity contribution is -0.151. The Kier molecular flexibility index (Phi) is 28.3. The Morgan fingerprint density at radius 2 is 0.685 bits per heavy atom. The van der Waals surface area contributed by atoms with Crippen molar-refractivity contribution in [2.45, 2.75) is 230 Å². The number of carbonyl (C=O) groups is 2. The molecule has 0 aliphatic carbocycles. The van der Waals surface area contributed by atoms with Gasteiger partial charge in [0.2, 0.25) is 17.8 Å². The number of rotatable bonds is 29. The molecule has 0 spiro atoms. The zero-order valence-electron chi connectivity index (χ0n) is 69.0. The molecular formula is C71H91N24O29P3. The highest BCUT2D eigenvalue weighted by Crippen LogP contribution is 2.53. The zero-order valence-corrected chi connectivity index (χ0v) is 71.7. The number of hydrogen-bond donors (Lipinski definition) is 9. The van der Waals surface area contributed by atoms with Crippen molar-refractivity contribution in [3.05, 3.63) is 154 Å². The molecule has 0 radical (unpaired) electrons. The molecule has 9 aromatic heterocycles. The van der Waals surface area contributed by atoms with Gasteiger partial charge in [-0.1, -0.05) is 51.1 Å². The second-order valence-corrected chi connectivity index (χ2v) is 34.1. The molecule has 9 unspecified atom stereocenters. The van der Waals surface area contributed by atoms with E-state index in [2.05, 4.69) is 74.8 Å². The van der Waals surface area contributed by atoms with Crippen molar-refractivity contribution < 1.29 is 108 Å². The van der Waals surface area contributed by atoms with Crippen molar-refractivity contribution in [3.63, 3.8) is 0 Å². The third-order valence-corrected chi connectivity index (χ3v) is 24.0. The number of aryl methyl sites for hydroxylation is 3. The highest BCUT2D eigenvalue weighted by Gasteiger charge is 2.49. The third-order valence-electron chi connectivity index (χ3n) is 21.0. The summed E-state index contributed by atoms with van der Waals surface area (Å²) in [7, 11) is -14.0. The third kappa shape index (κ3) is 21.9. The van der Waals surface area contributed by atoms with Crippen LogP contribution in [-0.4, -0.2) is 222 Å². The summed E-state index contributed by atoms with van der Waals surface area (Å²) in [6.45, 7) is 11.7. The van der Waals surface area contributed by atoms with Crippen molar-refractivity contribution in [2.24, 2.45) is 0 Å². The van der Waals surface area contributed by atoms with Gasteiger partial charge in [-0.3, -0.25) is 78.5 Å². The number of ether oxygens (including phenoxy) is 9. The van der Waals surface area contributed by atoms with E-state index in [-0.39, 0.29) is 90.9 Å². The first-order valence-corrected chi connectivity index (χ1v) is 44.3.